The molecule has 2 heterocycles. The lowest BCUT2D eigenvalue weighted by Gasteiger charge is -2.10. The van der Waals surface area contributed by atoms with Crippen molar-refractivity contribution in [3.05, 3.63) is 92.9 Å². The average Bonchev–Trinajstić information content (AvgIpc) is 2.99. The molecule has 156 valence electrons. The molecule has 1 amide bonds. The summed E-state index contributed by atoms with van der Waals surface area (Å²) in [5.74, 6) is -0.303. The minimum absolute atomic E-state index is 0.303. The van der Waals surface area contributed by atoms with E-state index in [0.717, 1.165) is 33.5 Å². The predicted molar refractivity (Wildman–Crippen MR) is 127 cm³/mol. The Morgan fingerprint density at radius 2 is 1.74 bits per heavy atom. The van der Waals surface area contributed by atoms with E-state index in [1.165, 1.54) is 0 Å². The molecule has 0 unspecified atom stereocenters. The SMILES string of the molecule is Cc1nc2ccccc2cc1C(=O)N/N=C\c1cc(C)n(-c2cc(Cl)cc(Cl)c2)c1C. The molecule has 0 saturated carbocycles. The Morgan fingerprint density at radius 1 is 1.03 bits per heavy atom. The van der Waals surface area contributed by atoms with Gasteiger partial charge >= 0.3 is 0 Å². The van der Waals surface area contributed by atoms with E-state index in [2.05, 4.69) is 15.5 Å². The number of carbonyl (C=O) groups excluding carboxylic acids is 1. The van der Waals surface area contributed by atoms with Crippen molar-refractivity contribution in [2.75, 3.05) is 0 Å². The minimum Gasteiger partial charge on any atom is -0.318 e. The Morgan fingerprint density at radius 3 is 2.48 bits per heavy atom. The molecule has 4 rings (SSSR count). The summed E-state index contributed by atoms with van der Waals surface area (Å²) in [5, 5.41) is 6.21. The van der Waals surface area contributed by atoms with Crippen molar-refractivity contribution < 1.29 is 4.79 Å². The third-order valence-electron chi connectivity index (χ3n) is 5.10. The largest absolute Gasteiger partial charge is 0.318 e. The molecule has 7 heteroatoms. The van der Waals surface area contributed by atoms with E-state index in [9.17, 15) is 4.79 Å². The fourth-order valence-electron chi connectivity index (χ4n) is 3.65. The fourth-order valence-corrected chi connectivity index (χ4v) is 4.16. The fraction of sp³-hybridized carbons (Fsp3) is 0.125. The number of halogens is 2. The lowest BCUT2D eigenvalue weighted by molar-refractivity contribution is 0.0954. The number of nitrogens with zero attached hydrogens (tertiary/aromatic N) is 3. The first-order chi connectivity index (χ1) is 14.8. The Kier molecular flexibility index (Phi) is 5.81. The molecule has 0 saturated heterocycles. The van der Waals surface area contributed by atoms with Crippen LogP contribution in [0.15, 0.2) is 59.7 Å². The number of aryl methyl sites for hydroxylation is 2. The van der Waals surface area contributed by atoms with Gasteiger partial charge in [-0.15, -0.1) is 0 Å². The van der Waals surface area contributed by atoms with Gasteiger partial charge in [-0.2, -0.15) is 5.10 Å². The van der Waals surface area contributed by atoms with Crippen LogP contribution in [0.5, 0.6) is 0 Å². The molecule has 5 nitrogen and oxygen atoms in total. The second-order valence-corrected chi connectivity index (χ2v) is 8.18. The molecular weight excluding hydrogens is 431 g/mol. The van der Waals surface area contributed by atoms with E-state index in [4.69, 9.17) is 23.2 Å². The van der Waals surface area contributed by atoms with Crippen molar-refractivity contribution >= 4 is 46.2 Å². The van der Waals surface area contributed by atoms with Crippen molar-refractivity contribution in [2.45, 2.75) is 20.8 Å². The standard InChI is InChI=1S/C24H20Cl2N4O/c1-14-8-18(16(3)30(14)21-11-19(25)10-20(26)12-21)13-27-29-24(31)22-9-17-6-4-5-7-23(17)28-15(22)2/h4-13H,1-3H3,(H,29,31)/b27-13-. The topological polar surface area (TPSA) is 59.3 Å². The lowest BCUT2D eigenvalue weighted by Crippen LogP contribution is -2.19. The van der Waals surface area contributed by atoms with Crippen LogP contribution in [0.4, 0.5) is 0 Å². The van der Waals surface area contributed by atoms with Crippen LogP contribution >= 0.6 is 23.2 Å². The van der Waals surface area contributed by atoms with Gasteiger partial charge in [0.15, 0.2) is 0 Å². The monoisotopic (exact) mass is 450 g/mol. The number of fused-ring (bicyclic) bond motifs is 1. The van der Waals surface area contributed by atoms with Crippen LogP contribution < -0.4 is 5.43 Å². The van der Waals surface area contributed by atoms with E-state index < -0.39 is 0 Å². The van der Waals surface area contributed by atoms with Crippen molar-refractivity contribution in [2.24, 2.45) is 5.10 Å². The molecule has 31 heavy (non-hydrogen) atoms. The Balaban J connectivity index is 1.57. The quantitative estimate of drug-likeness (QED) is 0.305. The molecule has 0 atom stereocenters. The lowest BCUT2D eigenvalue weighted by atomic mass is 10.1. The molecule has 0 fully saturated rings. The summed E-state index contributed by atoms with van der Waals surface area (Å²) in [7, 11) is 0. The van der Waals surface area contributed by atoms with Gasteiger partial charge in [0.25, 0.3) is 5.91 Å². The maximum Gasteiger partial charge on any atom is 0.273 e. The van der Waals surface area contributed by atoms with Crippen molar-refractivity contribution in [1.29, 1.82) is 0 Å². The molecule has 0 aliphatic carbocycles. The number of benzene rings is 2. The molecule has 2 aromatic carbocycles. The number of pyridine rings is 1. The van der Waals surface area contributed by atoms with Crippen LogP contribution in [-0.2, 0) is 0 Å². The highest BCUT2D eigenvalue weighted by Gasteiger charge is 2.13. The first-order valence-electron chi connectivity index (χ1n) is 9.68. The van der Waals surface area contributed by atoms with Gasteiger partial charge in [0.05, 0.1) is 23.0 Å². The first kappa shape index (κ1) is 21.1. The van der Waals surface area contributed by atoms with Crippen LogP contribution in [0.25, 0.3) is 16.6 Å². The Bertz CT molecular complexity index is 1320. The Hall–Kier alpha value is -3.15. The smallest absolute Gasteiger partial charge is 0.273 e. The van der Waals surface area contributed by atoms with Crippen LogP contribution in [0.1, 0.15) is 33.0 Å². The zero-order valence-corrected chi connectivity index (χ0v) is 18.8. The number of carbonyl (C=O) groups is 1. The first-order valence-corrected chi connectivity index (χ1v) is 10.4. The van der Waals surface area contributed by atoms with Crippen LogP contribution in [0.3, 0.4) is 0 Å². The molecule has 1 N–H and O–H groups in total. The summed E-state index contributed by atoms with van der Waals surface area (Å²) in [6.45, 7) is 5.78. The highest BCUT2D eigenvalue weighted by molar-refractivity contribution is 6.34. The number of aromatic nitrogens is 2. The van der Waals surface area contributed by atoms with Gasteiger partial charge in [0, 0.05) is 38.1 Å². The van der Waals surface area contributed by atoms with E-state index in [1.807, 2.05) is 73.9 Å². The number of hydrogen-bond acceptors (Lipinski definition) is 3. The molecule has 0 spiro atoms. The summed E-state index contributed by atoms with van der Waals surface area (Å²) in [5.41, 5.74) is 8.31. The summed E-state index contributed by atoms with van der Waals surface area (Å²) < 4.78 is 2.04. The van der Waals surface area contributed by atoms with E-state index in [1.54, 1.807) is 12.3 Å². The zero-order valence-electron chi connectivity index (χ0n) is 17.3. The predicted octanol–water partition coefficient (Wildman–Crippen LogP) is 6.02. The molecule has 0 aliphatic heterocycles. The third-order valence-corrected chi connectivity index (χ3v) is 5.54. The molecule has 0 radical (unpaired) electrons. The summed E-state index contributed by atoms with van der Waals surface area (Å²) >= 11 is 12.3. The number of para-hydroxylation sites is 1. The van der Waals surface area contributed by atoms with Gasteiger partial charge in [0.1, 0.15) is 0 Å². The maximum atomic E-state index is 12.7. The highest BCUT2D eigenvalue weighted by Crippen LogP contribution is 2.26. The van der Waals surface area contributed by atoms with Gasteiger partial charge in [-0.3, -0.25) is 9.78 Å². The normalized spacial score (nSPS) is 11.4. The van der Waals surface area contributed by atoms with Crippen molar-refractivity contribution in [3.8, 4) is 5.69 Å². The molecule has 2 aromatic heterocycles. The maximum absolute atomic E-state index is 12.7. The second-order valence-electron chi connectivity index (χ2n) is 7.30. The minimum atomic E-state index is -0.303. The van der Waals surface area contributed by atoms with Gasteiger partial charge < -0.3 is 4.57 Å². The van der Waals surface area contributed by atoms with E-state index in [-0.39, 0.29) is 5.91 Å². The average molecular weight is 451 g/mol. The van der Waals surface area contributed by atoms with Crippen molar-refractivity contribution in [1.82, 2.24) is 15.0 Å². The number of amides is 1. The molecule has 0 bridgehead atoms. The zero-order chi connectivity index (χ0) is 22.1. The summed E-state index contributed by atoms with van der Waals surface area (Å²) in [6, 6.07) is 16.9. The van der Waals surface area contributed by atoms with E-state index in [0.29, 0.717) is 21.3 Å². The highest BCUT2D eigenvalue weighted by atomic mass is 35.5. The number of rotatable bonds is 4. The summed E-state index contributed by atoms with van der Waals surface area (Å²) in [4.78, 5) is 17.2. The van der Waals surface area contributed by atoms with Crippen LogP contribution in [0, 0.1) is 20.8 Å². The third kappa shape index (κ3) is 4.33. The van der Waals surface area contributed by atoms with Crippen molar-refractivity contribution in [3.63, 3.8) is 0 Å². The molecule has 0 aliphatic rings. The Labute approximate surface area is 190 Å². The summed E-state index contributed by atoms with van der Waals surface area (Å²) in [6.07, 6.45) is 1.63. The van der Waals surface area contributed by atoms with Crippen LogP contribution in [-0.4, -0.2) is 21.7 Å². The van der Waals surface area contributed by atoms with E-state index >= 15 is 0 Å². The van der Waals surface area contributed by atoms with Gasteiger partial charge in [-0.25, -0.2) is 5.43 Å². The van der Waals surface area contributed by atoms with Gasteiger partial charge in [0.2, 0.25) is 0 Å². The molecular formula is C24H20Cl2N4O. The van der Waals surface area contributed by atoms with Gasteiger partial charge in [-0.1, -0.05) is 41.4 Å². The van der Waals surface area contributed by atoms with Gasteiger partial charge in [-0.05, 0) is 57.2 Å². The number of nitrogens with one attached hydrogen (secondary N) is 1. The molecule has 4 aromatic rings. The second kappa shape index (κ2) is 8.53. The number of hydrogen-bond donors (Lipinski definition) is 1. The number of hydrazone groups is 1. The van der Waals surface area contributed by atoms with Crippen LogP contribution in [0.2, 0.25) is 10.0 Å².